The number of hydrazone groups is 1. The molecule has 0 aromatic rings. The van der Waals surface area contributed by atoms with Crippen LogP contribution in [0.1, 0.15) is 13.8 Å². The first-order valence-corrected chi connectivity index (χ1v) is 3.16. The van der Waals surface area contributed by atoms with Crippen molar-refractivity contribution in [1.29, 1.82) is 0 Å². The lowest BCUT2D eigenvalue weighted by molar-refractivity contribution is 0.311. The van der Waals surface area contributed by atoms with E-state index in [0.29, 0.717) is 6.61 Å². The zero-order chi connectivity index (χ0) is 7.11. The molecule has 0 bridgehead atoms. The number of ether oxygens (including phenoxy) is 1. The molecule has 0 saturated heterocycles. The van der Waals surface area contributed by atoms with Gasteiger partial charge in [-0.1, -0.05) is 0 Å². The number of nitrogens with zero attached hydrogens (tertiary/aromatic N) is 2. The van der Waals surface area contributed by atoms with E-state index in [0.717, 1.165) is 6.54 Å². The van der Waals surface area contributed by atoms with Gasteiger partial charge in [0.2, 0.25) is 0 Å². The van der Waals surface area contributed by atoms with E-state index < -0.39 is 0 Å². The minimum atomic E-state index is 0.682. The average molecular weight is 130 g/mol. The Balaban J connectivity index is 3.20. The van der Waals surface area contributed by atoms with Crippen LogP contribution in [0.3, 0.4) is 0 Å². The third-order valence-electron chi connectivity index (χ3n) is 0.943. The third kappa shape index (κ3) is 5.14. The van der Waals surface area contributed by atoms with Crippen LogP contribution in [0.4, 0.5) is 0 Å². The quantitative estimate of drug-likeness (QED) is 0.321. The summed E-state index contributed by atoms with van der Waals surface area (Å²) in [6.45, 7) is 5.55. The summed E-state index contributed by atoms with van der Waals surface area (Å²) in [5.41, 5.74) is 0. The molecule has 0 fully saturated rings. The van der Waals surface area contributed by atoms with Crippen molar-refractivity contribution < 1.29 is 4.74 Å². The maximum absolute atomic E-state index is 4.87. The lowest BCUT2D eigenvalue weighted by atomic mass is 10.7. The molecule has 3 nitrogen and oxygen atoms in total. The molecule has 0 saturated carbocycles. The van der Waals surface area contributed by atoms with E-state index in [1.165, 1.54) is 6.40 Å². The van der Waals surface area contributed by atoms with Crippen LogP contribution < -0.4 is 0 Å². The summed E-state index contributed by atoms with van der Waals surface area (Å²) < 4.78 is 4.87. The van der Waals surface area contributed by atoms with Crippen LogP contribution in [0.2, 0.25) is 0 Å². The van der Waals surface area contributed by atoms with Crippen LogP contribution in [0, 0.1) is 0 Å². The molecular formula is C6H14N2O. The Kier molecular flexibility index (Phi) is 4.97. The minimum absolute atomic E-state index is 0.682. The van der Waals surface area contributed by atoms with Crippen LogP contribution in [0.25, 0.3) is 0 Å². The molecule has 54 valence electrons. The van der Waals surface area contributed by atoms with Crippen molar-refractivity contribution in [3.63, 3.8) is 0 Å². The van der Waals surface area contributed by atoms with E-state index in [1.807, 2.05) is 20.9 Å². The van der Waals surface area contributed by atoms with E-state index in [-0.39, 0.29) is 0 Å². The molecular weight excluding hydrogens is 116 g/mol. The maximum Gasteiger partial charge on any atom is 0.192 e. The summed E-state index contributed by atoms with van der Waals surface area (Å²) in [6, 6.07) is 0. The maximum atomic E-state index is 4.87. The molecule has 0 rings (SSSR count). The van der Waals surface area contributed by atoms with E-state index in [1.54, 1.807) is 5.01 Å². The highest BCUT2D eigenvalue weighted by Gasteiger charge is 1.80. The van der Waals surface area contributed by atoms with Crippen molar-refractivity contribution in [3.05, 3.63) is 0 Å². The minimum Gasteiger partial charge on any atom is -0.482 e. The first-order valence-electron chi connectivity index (χ1n) is 3.16. The lowest BCUT2D eigenvalue weighted by Gasteiger charge is -2.06. The van der Waals surface area contributed by atoms with Gasteiger partial charge in [-0.3, -0.25) is 5.01 Å². The monoisotopic (exact) mass is 130 g/mol. The Morgan fingerprint density at radius 2 is 2.22 bits per heavy atom. The fraction of sp³-hybridized carbons (Fsp3) is 0.833. The van der Waals surface area contributed by atoms with Gasteiger partial charge in [0.15, 0.2) is 6.40 Å². The number of rotatable bonds is 4. The second-order valence-corrected chi connectivity index (χ2v) is 1.65. The van der Waals surface area contributed by atoms with Crippen molar-refractivity contribution in [3.8, 4) is 0 Å². The van der Waals surface area contributed by atoms with E-state index in [2.05, 4.69) is 5.10 Å². The molecule has 9 heavy (non-hydrogen) atoms. The van der Waals surface area contributed by atoms with Gasteiger partial charge in [0.1, 0.15) is 0 Å². The molecule has 0 radical (unpaired) electrons. The van der Waals surface area contributed by atoms with Gasteiger partial charge >= 0.3 is 0 Å². The van der Waals surface area contributed by atoms with Gasteiger partial charge in [-0.2, -0.15) is 0 Å². The van der Waals surface area contributed by atoms with Gasteiger partial charge in [0, 0.05) is 13.6 Å². The molecule has 0 aromatic heterocycles. The molecule has 0 atom stereocenters. The SMILES string of the molecule is CCO/C=N/N(C)CC. The van der Waals surface area contributed by atoms with Crippen LogP contribution in [-0.2, 0) is 4.74 Å². The molecule has 0 aromatic carbocycles. The van der Waals surface area contributed by atoms with Gasteiger partial charge in [-0.05, 0) is 13.8 Å². The normalized spacial score (nSPS) is 10.1. The molecule has 0 N–H and O–H groups in total. The second kappa shape index (κ2) is 5.41. The first kappa shape index (κ1) is 8.27. The number of hydrogen-bond donors (Lipinski definition) is 0. The molecule has 0 aliphatic rings. The van der Waals surface area contributed by atoms with Crippen molar-refractivity contribution in [2.45, 2.75) is 13.8 Å². The topological polar surface area (TPSA) is 24.8 Å². The Morgan fingerprint density at radius 3 is 2.67 bits per heavy atom. The van der Waals surface area contributed by atoms with Gasteiger partial charge < -0.3 is 4.74 Å². The highest BCUT2D eigenvalue weighted by atomic mass is 16.5. The summed E-state index contributed by atoms with van der Waals surface area (Å²) in [4.78, 5) is 0. The predicted octanol–water partition coefficient (Wildman–Crippen LogP) is 0.918. The predicted molar refractivity (Wildman–Crippen MR) is 38.4 cm³/mol. The molecule has 3 heteroatoms. The molecule has 0 heterocycles. The molecule has 0 amide bonds. The average Bonchev–Trinajstić information content (AvgIpc) is 1.89. The molecule has 0 spiro atoms. The molecule has 0 aliphatic carbocycles. The summed E-state index contributed by atoms with van der Waals surface area (Å²) in [5, 5.41) is 5.72. The van der Waals surface area contributed by atoms with Crippen LogP contribution >= 0.6 is 0 Å². The molecule has 0 aliphatic heterocycles. The zero-order valence-electron chi connectivity index (χ0n) is 6.29. The fourth-order valence-electron chi connectivity index (χ4n) is 0.270. The summed E-state index contributed by atoms with van der Waals surface area (Å²) in [6.07, 6.45) is 1.46. The Labute approximate surface area is 56.3 Å². The molecule has 0 unspecified atom stereocenters. The summed E-state index contributed by atoms with van der Waals surface area (Å²) in [7, 11) is 1.90. The first-order chi connectivity index (χ1) is 4.31. The van der Waals surface area contributed by atoms with Crippen LogP contribution in [0.5, 0.6) is 0 Å². The smallest absolute Gasteiger partial charge is 0.192 e. The van der Waals surface area contributed by atoms with Crippen molar-refractivity contribution >= 4 is 6.40 Å². The van der Waals surface area contributed by atoms with Crippen molar-refractivity contribution in [1.82, 2.24) is 5.01 Å². The Hall–Kier alpha value is -0.730. The highest BCUT2D eigenvalue weighted by Crippen LogP contribution is 1.78. The Bertz CT molecular complexity index is 83.1. The summed E-state index contributed by atoms with van der Waals surface area (Å²) >= 11 is 0. The second-order valence-electron chi connectivity index (χ2n) is 1.65. The number of hydrogen-bond acceptors (Lipinski definition) is 3. The third-order valence-corrected chi connectivity index (χ3v) is 0.943. The van der Waals surface area contributed by atoms with Crippen LogP contribution in [0.15, 0.2) is 5.10 Å². The largest absolute Gasteiger partial charge is 0.482 e. The fourth-order valence-corrected chi connectivity index (χ4v) is 0.270. The van der Waals surface area contributed by atoms with E-state index in [9.17, 15) is 0 Å². The van der Waals surface area contributed by atoms with Gasteiger partial charge in [-0.15, -0.1) is 5.10 Å². The zero-order valence-corrected chi connectivity index (χ0v) is 6.29. The van der Waals surface area contributed by atoms with Crippen LogP contribution in [-0.4, -0.2) is 31.6 Å². The van der Waals surface area contributed by atoms with Gasteiger partial charge in [0.05, 0.1) is 6.61 Å². The standard InChI is InChI=1S/C6H14N2O/c1-4-8(3)7-6-9-5-2/h6H,4-5H2,1-3H3/b7-6+. The van der Waals surface area contributed by atoms with Crippen molar-refractivity contribution in [2.24, 2.45) is 5.10 Å². The summed E-state index contributed by atoms with van der Waals surface area (Å²) in [5.74, 6) is 0. The lowest BCUT2D eigenvalue weighted by Crippen LogP contribution is -2.09. The highest BCUT2D eigenvalue weighted by molar-refractivity contribution is 5.45. The van der Waals surface area contributed by atoms with Gasteiger partial charge in [0.25, 0.3) is 0 Å². The van der Waals surface area contributed by atoms with Gasteiger partial charge in [-0.25, -0.2) is 0 Å². The Morgan fingerprint density at radius 1 is 1.56 bits per heavy atom. The van der Waals surface area contributed by atoms with E-state index >= 15 is 0 Å². The van der Waals surface area contributed by atoms with Crippen molar-refractivity contribution in [2.75, 3.05) is 20.2 Å². The van der Waals surface area contributed by atoms with E-state index in [4.69, 9.17) is 4.74 Å².